The molecule has 0 aromatic rings. The molecule has 1 saturated carbocycles. The van der Waals surface area contributed by atoms with Gasteiger partial charge in [-0.2, -0.15) is 0 Å². The van der Waals surface area contributed by atoms with E-state index in [0.29, 0.717) is 6.04 Å². The molecule has 2 rings (SSSR count). The number of rotatable bonds is 4. The van der Waals surface area contributed by atoms with Gasteiger partial charge in [-0.15, -0.1) is 0 Å². The van der Waals surface area contributed by atoms with Crippen molar-refractivity contribution in [2.45, 2.75) is 57.0 Å². The van der Waals surface area contributed by atoms with E-state index in [0.717, 1.165) is 51.9 Å². The molecule has 2 aliphatic rings. The molecule has 17 heavy (non-hydrogen) atoms. The lowest BCUT2D eigenvalue weighted by Gasteiger charge is -2.39. The molecule has 0 aromatic carbocycles. The van der Waals surface area contributed by atoms with Crippen molar-refractivity contribution in [2.24, 2.45) is 0 Å². The van der Waals surface area contributed by atoms with E-state index in [1.54, 1.807) is 0 Å². The summed E-state index contributed by atoms with van der Waals surface area (Å²) in [5.74, 6) is -0.263. The molecule has 1 aliphatic heterocycles. The van der Waals surface area contributed by atoms with Gasteiger partial charge in [0.1, 0.15) is 0 Å². The Hall–Kier alpha value is -0.160. The number of aliphatic hydroxyl groups excluding tert-OH is 1. The van der Waals surface area contributed by atoms with Gasteiger partial charge in [-0.3, -0.25) is 0 Å². The lowest BCUT2D eigenvalue weighted by molar-refractivity contribution is -0.183. The van der Waals surface area contributed by atoms with E-state index < -0.39 is 0 Å². The maximum absolute atomic E-state index is 9.67. The highest BCUT2D eigenvalue weighted by Gasteiger charge is 2.41. The van der Waals surface area contributed by atoms with Gasteiger partial charge in [-0.25, -0.2) is 0 Å². The first-order chi connectivity index (χ1) is 8.15. The molecule has 1 aliphatic carbocycles. The number of hydrogen-bond donors (Lipinski definition) is 1. The van der Waals surface area contributed by atoms with E-state index in [4.69, 9.17) is 9.47 Å². The Labute approximate surface area is 104 Å². The van der Waals surface area contributed by atoms with Crippen molar-refractivity contribution in [3.63, 3.8) is 0 Å². The summed E-state index contributed by atoms with van der Waals surface area (Å²) >= 11 is 0. The Morgan fingerprint density at radius 1 is 1.29 bits per heavy atom. The van der Waals surface area contributed by atoms with Crippen molar-refractivity contribution in [2.75, 3.05) is 26.8 Å². The number of ether oxygens (including phenoxy) is 2. The fourth-order valence-electron chi connectivity index (χ4n) is 2.88. The molecule has 1 heterocycles. The molecule has 0 radical (unpaired) electrons. The molecular formula is C13H25NO3. The van der Waals surface area contributed by atoms with Gasteiger partial charge in [-0.1, -0.05) is 6.92 Å². The predicted molar refractivity (Wildman–Crippen MR) is 65.8 cm³/mol. The zero-order valence-electron chi connectivity index (χ0n) is 11.0. The van der Waals surface area contributed by atoms with Crippen molar-refractivity contribution in [1.82, 2.24) is 4.90 Å². The summed E-state index contributed by atoms with van der Waals surface area (Å²) in [6.45, 7) is 4.29. The fourth-order valence-corrected chi connectivity index (χ4v) is 2.88. The summed E-state index contributed by atoms with van der Waals surface area (Å²) in [7, 11) is 2.11. The SMILES string of the molecule is CCC(O)CN(C)C1CCC2(CC1)OCCO2. The quantitative estimate of drug-likeness (QED) is 0.810. The second-order valence-corrected chi connectivity index (χ2v) is 5.34. The normalized spacial score (nSPS) is 26.8. The smallest absolute Gasteiger partial charge is 0.168 e. The van der Waals surface area contributed by atoms with Crippen LogP contribution in [0.1, 0.15) is 39.0 Å². The van der Waals surface area contributed by atoms with E-state index in [-0.39, 0.29) is 11.9 Å². The van der Waals surface area contributed by atoms with Gasteiger partial charge in [0.2, 0.25) is 0 Å². The standard InChI is InChI=1S/C13H25NO3/c1-3-12(15)10-14(2)11-4-6-13(7-5-11)16-8-9-17-13/h11-12,15H,3-10H2,1-2H3. The van der Waals surface area contributed by atoms with Crippen molar-refractivity contribution >= 4 is 0 Å². The molecular weight excluding hydrogens is 218 g/mol. The van der Waals surface area contributed by atoms with Gasteiger partial charge in [0.05, 0.1) is 19.3 Å². The van der Waals surface area contributed by atoms with Crippen LogP contribution in [0.4, 0.5) is 0 Å². The van der Waals surface area contributed by atoms with Crippen LogP contribution in [-0.2, 0) is 9.47 Å². The largest absolute Gasteiger partial charge is 0.392 e. The summed E-state index contributed by atoms with van der Waals surface area (Å²) < 4.78 is 11.4. The number of nitrogens with zero attached hydrogens (tertiary/aromatic N) is 1. The van der Waals surface area contributed by atoms with E-state index in [1.165, 1.54) is 0 Å². The Morgan fingerprint density at radius 3 is 2.41 bits per heavy atom. The number of hydrogen-bond acceptors (Lipinski definition) is 4. The van der Waals surface area contributed by atoms with Crippen molar-refractivity contribution < 1.29 is 14.6 Å². The molecule has 1 saturated heterocycles. The van der Waals surface area contributed by atoms with Gasteiger partial charge in [0.15, 0.2) is 5.79 Å². The van der Waals surface area contributed by atoms with Crippen LogP contribution in [0, 0.1) is 0 Å². The minimum Gasteiger partial charge on any atom is -0.392 e. The van der Waals surface area contributed by atoms with Crippen LogP contribution in [0.2, 0.25) is 0 Å². The molecule has 0 aromatic heterocycles. The maximum Gasteiger partial charge on any atom is 0.168 e. The lowest BCUT2D eigenvalue weighted by Crippen LogP contribution is -2.44. The van der Waals surface area contributed by atoms with Gasteiger partial charge >= 0.3 is 0 Å². The Kier molecular flexibility index (Phi) is 4.42. The number of likely N-dealkylation sites (N-methyl/N-ethyl adjacent to an activating group) is 1. The van der Waals surface area contributed by atoms with Crippen LogP contribution >= 0.6 is 0 Å². The highest BCUT2D eigenvalue weighted by molar-refractivity contribution is 4.86. The Morgan fingerprint density at radius 2 is 1.88 bits per heavy atom. The van der Waals surface area contributed by atoms with Crippen molar-refractivity contribution in [3.05, 3.63) is 0 Å². The van der Waals surface area contributed by atoms with E-state index in [9.17, 15) is 5.11 Å². The molecule has 2 fully saturated rings. The van der Waals surface area contributed by atoms with Gasteiger partial charge in [-0.05, 0) is 26.3 Å². The third-order valence-corrected chi connectivity index (χ3v) is 4.12. The average molecular weight is 243 g/mol. The highest BCUT2D eigenvalue weighted by Crippen LogP contribution is 2.37. The van der Waals surface area contributed by atoms with Crippen LogP contribution in [0.25, 0.3) is 0 Å². The van der Waals surface area contributed by atoms with Crippen LogP contribution in [0.3, 0.4) is 0 Å². The van der Waals surface area contributed by atoms with Gasteiger partial charge in [0.25, 0.3) is 0 Å². The maximum atomic E-state index is 9.67. The van der Waals surface area contributed by atoms with Crippen molar-refractivity contribution in [3.8, 4) is 0 Å². The van der Waals surface area contributed by atoms with Gasteiger partial charge in [0, 0.05) is 25.4 Å². The molecule has 1 unspecified atom stereocenters. The Bertz CT molecular complexity index is 231. The third kappa shape index (κ3) is 3.19. The summed E-state index contributed by atoms with van der Waals surface area (Å²) in [5, 5.41) is 9.67. The molecule has 100 valence electrons. The van der Waals surface area contributed by atoms with Crippen molar-refractivity contribution in [1.29, 1.82) is 0 Å². The highest BCUT2D eigenvalue weighted by atomic mass is 16.7. The second-order valence-electron chi connectivity index (χ2n) is 5.34. The number of aliphatic hydroxyl groups is 1. The summed E-state index contributed by atoms with van der Waals surface area (Å²) in [5.41, 5.74) is 0. The first kappa shape index (κ1) is 13.3. The first-order valence-electron chi connectivity index (χ1n) is 6.81. The van der Waals surface area contributed by atoms with Crippen LogP contribution in [0.15, 0.2) is 0 Å². The summed E-state index contributed by atoms with van der Waals surface area (Å²) in [4.78, 5) is 2.29. The topological polar surface area (TPSA) is 41.9 Å². The third-order valence-electron chi connectivity index (χ3n) is 4.12. The van der Waals surface area contributed by atoms with E-state index in [2.05, 4.69) is 11.9 Å². The molecule has 4 heteroatoms. The van der Waals surface area contributed by atoms with Crippen LogP contribution in [0.5, 0.6) is 0 Å². The average Bonchev–Trinajstić information content (AvgIpc) is 2.78. The molecule has 1 atom stereocenters. The summed E-state index contributed by atoms with van der Waals surface area (Å²) in [6, 6.07) is 0.564. The zero-order valence-corrected chi connectivity index (χ0v) is 11.0. The molecule has 0 bridgehead atoms. The molecule has 0 amide bonds. The second kappa shape index (κ2) is 5.65. The van der Waals surface area contributed by atoms with Gasteiger partial charge < -0.3 is 19.5 Å². The predicted octanol–water partition coefficient (Wildman–Crippen LogP) is 1.37. The minimum absolute atomic E-state index is 0.199. The van der Waals surface area contributed by atoms with E-state index >= 15 is 0 Å². The van der Waals surface area contributed by atoms with E-state index in [1.807, 2.05) is 6.92 Å². The first-order valence-corrected chi connectivity index (χ1v) is 6.81. The molecule has 1 spiro atoms. The zero-order chi connectivity index (χ0) is 12.3. The molecule has 1 N–H and O–H groups in total. The Balaban J connectivity index is 1.78. The van der Waals surface area contributed by atoms with Crippen LogP contribution < -0.4 is 0 Å². The minimum atomic E-state index is -0.263. The molecule has 4 nitrogen and oxygen atoms in total. The van der Waals surface area contributed by atoms with Crippen LogP contribution in [-0.4, -0.2) is 54.7 Å². The monoisotopic (exact) mass is 243 g/mol. The fraction of sp³-hybridized carbons (Fsp3) is 1.00. The summed E-state index contributed by atoms with van der Waals surface area (Å²) in [6.07, 6.45) is 4.82. The lowest BCUT2D eigenvalue weighted by atomic mass is 9.89.